The predicted octanol–water partition coefficient (Wildman–Crippen LogP) is 3.24. The van der Waals surface area contributed by atoms with Gasteiger partial charge in [0.1, 0.15) is 0 Å². The quantitative estimate of drug-likeness (QED) is 0.665. The van der Waals surface area contributed by atoms with E-state index in [1.165, 1.54) is 0 Å². The lowest BCUT2D eigenvalue weighted by Crippen LogP contribution is -2.58. The average Bonchev–Trinajstić information content (AvgIpc) is 2.25. The standard InChI is InChI=1S/C15H32N2O/c1-7-9-11-15(6,14(18)16-12(3)4)17-13(5)10-8-2/h12-13,17H,7-11H2,1-6H3,(H,16,18). The number of rotatable bonds is 9. The number of hydrogen-bond acceptors (Lipinski definition) is 2. The first kappa shape index (κ1) is 17.4. The molecule has 0 aliphatic heterocycles. The number of carbonyl (C=O) groups excluding carboxylic acids is 1. The highest BCUT2D eigenvalue weighted by Crippen LogP contribution is 2.17. The molecule has 0 aliphatic rings. The van der Waals surface area contributed by atoms with E-state index < -0.39 is 5.54 Å². The summed E-state index contributed by atoms with van der Waals surface area (Å²) in [7, 11) is 0. The molecule has 0 saturated carbocycles. The van der Waals surface area contributed by atoms with Crippen LogP contribution in [0.2, 0.25) is 0 Å². The van der Waals surface area contributed by atoms with Crippen molar-refractivity contribution >= 4 is 5.91 Å². The molecular weight excluding hydrogens is 224 g/mol. The van der Waals surface area contributed by atoms with Gasteiger partial charge in [-0.2, -0.15) is 0 Å². The minimum Gasteiger partial charge on any atom is -0.352 e. The molecule has 2 N–H and O–H groups in total. The van der Waals surface area contributed by atoms with E-state index in [0.29, 0.717) is 6.04 Å². The van der Waals surface area contributed by atoms with Crippen LogP contribution in [0.4, 0.5) is 0 Å². The van der Waals surface area contributed by atoms with Crippen LogP contribution in [0.1, 0.15) is 73.6 Å². The molecule has 2 unspecified atom stereocenters. The molecule has 0 rings (SSSR count). The van der Waals surface area contributed by atoms with Gasteiger partial charge < -0.3 is 10.6 Å². The van der Waals surface area contributed by atoms with Crippen molar-refractivity contribution in [3.63, 3.8) is 0 Å². The fourth-order valence-corrected chi connectivity index (χ4v) is 2.25. The largest absolute Gasteiger partial charge is 0.352 e. The van der Waals surface area contributed by atoms with Crippen LogP contribution >= 0.6 is 0 Å². The van der Waals surface area contributed by atoms with Crippen LogP contribution in [0.3, 0.4) is 0 Å². The summed E-state index contributed by atoms with van der Waals surface area (Å²) in [4.78, 5) is 12.3. The van der Waals surface area contributed by atoms with Gasteiger partial charge in [0.05, 0.1) is 5.54 Å². The lowest BCUT2D eigenvalue weighted by atomic mass is 9.92. The topological polar surface area (TPSA) is 41.1 Å². The van der Waals surface area contributed by atoms with Crippen molar-refractivity contribution in [3.8, 4) is 0 Å². The minimum atomic E-state index is -0.436. The van der Waals surface area contributed by atoms with Crippen molar-refractivity contribution in [1.82, 2.24) is 10.6 Å². The lowest BCUT2D eigenvalue weighted by molar-refractivity contribution is -0.128. The van der Waals surface area contributed by atoms with Crippen LogP contribution in [0, 0.1) is 0 Å². The van der Waals surface area contributed by atoms with E-state index in [4.69, 9.17) is 0 Å². The van der Waals surface area contributed by atoms with E-state index >= 15 is 0 Å². The third-order valence-corrected chi connectivity index (χ3v) is 3.24. The lowest BCUT2D eigenvalue weighted by Gasteiger charge is -2.33. The second-order valence-corrected chi connectivity index (χ2v) is 5.90. The Labute approximate surface area is 113 Å². The van der Waals surface area contributed by atoms with Gasteiger partial charge in [-0.05, 0) is 40.5 Å². The molecule has 2 atom stereocenters. The smallest absolute Gasteiger partial charge is 0.240 e. The van der Waals surface area contributed by atoms with Gasteiger partial charge in [-0.3, -0.25) is 4.79 Å². The molecule has 0 aromatic rings. The highest BCUT2D eigenvalue weighted by Gasteiger charge is 2.33. The SMILES string of the molecule is CCCCC(C)(NC(C)CCC)C(=O)NC(C)C. The van der Waals surface area contributed by atoms with Crippen molar-refractivity contribution in [3.05, 3.63) is 0 Å². The number of unbranched alkanes of at least 4 members (excludes halogenated alkanes) is 1. The molecule has 108 valence electrons. The Morgan fingerprint density at radius 2 is 1.78 bits per heavy atom. The van der Waals surface area contributed by atoms with Crippen LogP contribution in [0.5, 0.6) is 0 Å². The van der Waals surface area contributed by atoms with Crippen molar-refractivity contribution in [2.75, 3.05) is 0 Å². The normalized spacial score (nSPS) is 16.4. The van der Waals surface area contributed by atoms with Crippen LogP contribution < -0.4 is 10.6 Å². The molecule has 0 saturated heterocycles. The Hall–Kier alpha value is -0.570. The molecule has 0 aromatic carbocycles. The van der Waals surface area contributed by atoms with Crippen molar-refractivity contribution < 1.29 is 4.79 Å². The first-order valence-electron chi connectivity index (χ1n) is 7.44. The first-order chi connectivity index (χ1) is 8.35. The summed E-state index contributed by atoms with van der Waals surface area (Å²) < 4.78 is 0. The van der Waals surface area contributed by atoms with E-state index in [1.54, 1.807) is 0 Å². The Morgan fingerprint density at radius 1 is 1.17 bits per heavy atom. The molecule has 1 amide bonds. The van der Waals surface area contributed by atoms with Crippen LogP contribution in [-0.4, -0.2) is 23.5 Å². The number of amides is 1. The van der Waals surface area contributed by atoms with Gasteiger partial charge >= 0.3 is 0 Å². The molecule has 0 fully saturated rings. The highest BCUT2D eigenvalue weighted by molar-refractivity contribution is 5.86. The van der Waals surface area contributed by atoms with E-state index in [-0.39, 0.29) is 11.9 Å². The average molecular weight is 256 g/mol. The van der Waals surface area contributed by atoms with E-state index in [2.05, 4.69) is 31.4 Å². The van der Waals surface area contributed by atoms with Crippen molar-refractivity contribution in [2.24, 2.45) is 0 Å². The zero-order chi connectivity index (χ0) is 14.2. The second-order valence-electron chi connectivity index (χ2n) is 5.90. The summed E-state index contributed by atoms with van der Waals surface area (Å²) in [5.41, 5.74) is -0.436. The summed E-state index contributed by atoms with van der Waals surface area (Å²) in [6.45, 7) is 12.6. The van der Waals surface area contributed by atoms with Crippen LogP contribution in [-0.2, 0) is 4.79 Å². The first-order valence-corrected chi connectivity index (χ1v) is 7.44. The summed E-state index contributed by atoms with van der Waals surface area (Å²) in [5.74, 6) is 0.133. The molecule has 0 aromatic heterocycles. The number of nitrogens with one attached hydrogen (secondary N) is 2. The van der Waals surface area contributed by atoms with Gasteiger partial charge in [-0.25, -0.2) is 0 Å². The molecule has 0 bridgehead atoms. The van der Waals surface area contributed by atoms with Gasteiger partial charge in [0.15, 0.2) is 0 Å². The monoisotopic (exact) mass is 256 g/mol. The molecule has 0 aliphatic carbocycles. The Bertz CT molecular complexity index is 241. The van der Waals surface area contributed by atoms with Crippen molar-refractivity contribution in [1.29, 1.82) is 0 Å². The maximum Gasteiger partial charge on any atom is 0.240 e. The maximum atomic E-state index is 12.3. The molecule has 3 heteroatoms. The zero-order valence-corrected chi connectivity index (χ0v) is 13.1. The van der Waals surface area contributed by atoms with Gasteiger partial charge in [-0.1, -0.05) is 33.1 Å². The van der Waals surface area contributed by atoms with Gasteiger partial charge in [0.2, 0.25) is 5.91 Å². The molecular formula is C15H32N2O. The van der Waals surface area contributed by atoms with Gasteiger partial charge in [0.25, 0.3) is 0 Å². The highest BCUT2D eigenvalue weighted by atomic mass is 16.2. The van der Waals surface area contributed by atoms with E-state index in [1.807, 2.05) is 20.8 Å². The zero-order valence-electron chi connectivity index (χ0n) is 13.1. The Kier molecular flexibility index (Phi) is 8.25. The third-order valence-electron chi connectivity index (χ3n) is 3.24. The molecule has 0 heterocycles. The van der Waals surface area contributed by atoms with Crippen molar-refractivity contribution in [2.45, 2.75) is 91.3 Å². The summed E-state index contributed by atoms with van der Waals surface area (Å²) in [6, 6.07) is 0.580. The molecule has 0 spiro atoms. The van der Waals surface area contributed by atoms with E-state index in [9.17, 15) is 4.79 Å². The minimum absolute atomic E-state index is 0.133. The fraction of sp³-hybridized carbons (Fsp3) is 0.933. The molecule has 0 radical (unpaired) electrons. The maximum absolute atomic E-state index is 12.3. The Morgan fingerprint density at radius 3 is 2.22 bits per heavy atom. The molecule has 18 heavy (non-hydrogen) atoms. The summed E-state index contributed by atoms with van der Waals surface area (Å²) in [5, 5.41) is 6.56. The number of carbonyl (C=O) groups is 1. The second kappa shape index (κ2) is 8.52. The van der Waals surface area contributed by atoms with Gasteiger partial charge in [-0.15, -0.1) is 0 Å². The summed E-state index contributed by atoms with van der Waals surface area (Å²) >= 11 is 0. The predicted molar refractivity (Wildman–Crippen MR) is 78.7 cm³/mol. The fourth-order valence-electron chi connectivity index (χ4n) is 2.25. The van der Waals surface area contributed by atoms with Crippen LogP contribution in [0.25, 0.3) is 0 Å². The van der Waals surface area contributed by atoms with E-state index in [0.717, 1.165) is 32.1 Å². The van der Waals surface area contributed by atoms with Gasteiger partial charge in [0, 0.05) is 12.1 Å². The third kappa shape index (κ3) is 6.39. The van der Waals surface area contributed by atoms with Crippen LogP contribution in [0.15, 0.2) is 0 Å². The number of hydrogen-bond donors (Lipinski definition) is 2. The Balaban J connectivity index is 4.64. The molecule has 3 nitrogen and oxygen atoms in total. The summed E-state index contributed by atoms with van der Waals surface area (Å²) in [6.07, 6.45) is 5.35.